The lowest BCUT2D eigenvalue weighted by atomic mass is 10.0. The number of fused-ring (bicyclic) bond motifs is 1. The van der Waals surface area contributed by atoms with Gasteiger partial charge < -0.3 is 15.6 Å². The van der Waals surface area contributed by atoms with Gasteiger partial charge in [0.1, 0.15) is 5.69 Å². The third kappa shape index (κ3) is 2.80. The molecule has 0 fully saturated rings. The Morgan fingerprint density at radius 1 is 1.08 bits per heavy atom. The van der Waals surface area contributed by atoms with Gasteiger partial charge in [-0.25, -0.2) is 14.5 Å². The molecule has 0 aliphatic carbocycles. The van der Waals surface area contributed by atoms with Gasteiger partial charge in [0.05, 0.1) is 0 Å². The molecule has 1 amide bonds. The molecule has 2 aromatic carbocycles. The largest absolute Gasteiger partial charge is 0.490 e. The first-order chi connectivity index (χ1) is 12.6. The summed E-state index contributed by atoms with van der Waals surface area (Å²) >= 11 is 0. The Hall–Kier alpha value is -3.94. The van der Waals surface area contributed by atoms with Crippen LogP contribution in [0.3, 0.4) is 0 Å². The summed E-state index contributed by atoms with van der Waals surface area (Å²) in [5, 5.41) is 16.3. The highest BCUT2D eigenvalue weighted by atomic mass is 16.6. The second-order valence-electron chi connectivity index (χ2n) is 5.46. The second-order valence-corrected chi connectivity index (χ2v) is 5.46. The van der Waals surface area contributed by atoms with Gasteiger partial charge >= 0.3 is 6.09 Å². The molecule has 4 rings (SSSR count). The zero-order valence-electron chi connectivity index (χ0n) is 13.4. The summed E-state index contributed by atoms with van der Waals surface area (Å²) in [6, 6.07) is 15.1. The molecule has 0 bridgehead atoms. The highest BCUT2D eigenvalue weighted by Gasteiger charge is 2.20. The number of carbonyl (C=O) groups is 1. The number of amides is 1. The highest BCUT2D eigenvalue weighted by molar-refractivity contribution is 5.88. The predicted molar refractivity (Wildman–Crippen MR) is 94.0 cm³/mol. The summed E-state index contributed by atoms with van der Waals surface area (Å²) in [6.07, 6.45) is 2.12. The number of primary amides is 1. The average molecular weight is 347 g/mol. The smallest absolute Gasteiger partial charge is 0.410 e. The molecule has 26 heavy (non-hydrogen) atoms. The fraction of sp³-hybridized carbons (Fsp3) is 0. The highest BCUT2D eigenvalue weighted by Crippen LogP contribution is 2.36. The molecule has 0 spiro atoms. The Bertz CT molecular complexity index is 1110. The minimum atomic E-state index is -1.07. The van der Waals surface area contributed by atoms with Crippen molar-refractivity contribution in [3.63, 3.8) is 0 Å². The molecule has 0 saturated carbocycles. The van der Waals surface area contributed by atoms with Crippen LogP contribution in [0, 0.1) is 0 Å². The van der Waals surface area contributed by atoms with Crippen molar-refractivity contribution < 1.29 is 14.6 Å². The number of rotatable bonds is 3. The van der Waals surface area contributed by atoms with Crippen molar-refractivity contribution >= 4 is 16.9 Å². The Kier molecular flexibility index (Phi) is 3.70. The van der Waals surface area contributed by atoms with Gasteiger partial charge in [-0.2, -0.15) is 10.1 Å². The molecule has 4 aromatic rings. The summed E-state index contributed by atoms with van der Waals surface area (Å²) < 4.78 is 6.34. The molecule has 0 atom stereocenters. The Morgan fingerprint density at radius 2 is 1.88 bits per heavy atom. The van der Waals surface area contributed by atoms with E-state index in [1.54, 1.807) is 18.5 Å². The standard InChI is InChI=1S/C18H13N5O3/c19-17(25)26-15-14(13-7-6-11-4-1-2-5-12(11)10-13)21-18(22-16(15)24)23-9-3-8-20-23/h1-10H,(H2,19,25)(H,21,22,24). The fourth-order valence-electron chi connectivity index (χ4n) is 2.64. The third-order valence-corrected chi connectivity index (χ3v) is 3.77. The van der Waals surface area contributed by atoms with Gasteiger partial charge in [-0.1, -0.05) is 36.4 Å². The van der Waals surface area contributed by atoms with E-state index in [9.17, 15) is 9.90 Å². The predicted octanol–water partition coefficient (Wildman–Crippen LogP) is 2.65. The van der Waals surface area contributed by atoms with Crippen LogP contribution in [0.1, 0.15) is 0 Å². The number of hydrogen-bond donors (Lipinski definition) is 2. The molecule has 2 heterocycles. The number of ether oxygens (including phenoxy) is 1. The number of aromatic hydroxyl groups is 1. The number of benzene rings is 2. The summed E-state index contributed by atoms with van der Waals surface area (Å²) in [7, 11) is 0. The molecular weight excluding hydrogens is 334 g/mol. The Balaban J connectivity index is 1.94. The zero-order valence-corrected chi connectivity index (χ0v) is 13.4. The van der Waals surface area contributed by atoms with Crippen LogP contribution in [0.2, 0.25) is 0 Å². The number of carbonyl (C=O) groups excluding carboxylic acids is 1. The van der Waals surface area contributed by atoms with Crippen LogP contribution in [0.4, 0.5) is 4.79 Å². The fourth-order valence-corrected chi connectivity index (χ4v) is 2.64. The number of nitrogens with zero attached hydrogens (tertiary/aromatic N) is 4. The third-order valence-electron chi connectivity index (χ3n) is 3.77. The van der Waals surface area contributed by atoms with E-state index in [0.717, 1.165) is 10.8 Å². The maximum absolute atomic E-state index is 11.2. The lowest BCUT2D eigenvalue weighted by molar-refractivity contribution is 0.208. The molecule has 0 saturated heterocycles. The van der Waals surface area contributed by atoms with Crippen LogP contribution >= 0.6 is 0 Å². The summed E-state index contributed by atoms with van der Waals surface area (Å²) in [5.74, 6) is -0.580. The minimum absolute atomic E-state index is 0.132. The van der Waals surface area contributed by atoms with Crippen LogP contribution < -0.4 is 10.5 Å². The minimum Gasteiger partial charge on any atom is -0.490 e. The van der Waals surface area contributed by atoms with E-state index in [0.29, 0.717) is 5.56 Å². The van der Waals surface area contributed by atoms with E-state index < -0.39 is 12.0 Å². The van der Waals surface area contributed by atoms with Crippen molar-refractivity contribution in [2.24, 2.45) is 5.73 Å². The molecule has 0 unspecified atom stereocenters. The second kappa shape index (κ2) is 6.17. The van der Waals surface area contributed by atoms with Gasteiger partial charge in [-0.15, -0.1) is 0 Å². The quantitative estimate of drug-likeness (QED) is 0.588. The molecule has 0 radical (unpaired) electrons. The summed E-state index contributed by atoms with van der Waals surface area (Å²) in [6.45, 7) is 0. The van der Waals surface area contributed by atoms with Crippen molar-refractivity contribution in [3.8, 4) is 28.8 Å². The van der Waals surface area contributed by atoms with E-state index in [1.165, 1.54) is 4.68 Å². The van der Waals surface area contributed by atoms with Crippen LogP contribution in [0.5, 0.6) is 11.6 Å². The van der Waals surface area contributed by atoms with E-state index >= 15 is 0 Å². The first-order valence-electron chi connectivity index (χ1n) is 7.69. The van der Waals surface area contributed by atoms with Gasteiger partial charge in [0.15, 0.2) is 0 Å². The number of nitrogens with two attached hydrogens (primary N) is 1. The van der Waals surface area contributed by atoms with Gasteiger partial charge in [0.25, 0.3) is 11.8 Å². The van der Waals surface area contributed by atoms with Gasteiger partial charge in [0.2, 0.25) is 5.75 Å². The van der Waals surface area contributed by atoms with Crippen molar-refractivity contribution in [2.45, 2.75) is 0 Å². The van der Waals surface area contributed by atoms with Crippen LogP contribution in [0.25, 0.3) is 28.0 Å². The van der Waals surface area contributed by atoms with Crippen LogP contribution in [0.15, 0.2) is 60.9 Å². The SMILES string of the molecule is NC(=O)Oc1c(O)nc(-n2cccn2)nc1-c1ccc2ccccc2c1. The Morgan fingerprint density at radius 3 is 2.62 bits per heavy atom. The molecule has 8 heteroatoms. The average Bonchev–Trinajstić information content (AvgIpc) is 3.17. The summed E-state index contributed by atoms with van der Waals surface area (Å²) in [4.78, 5) is 19.6. The topological polar surface area (TPSA) is 116 Å². The first-order valence-corrected chi connectivity index (χ1v) is 7.69. The molecular formula is C18H13N5O3. The Labute approximate surface area is 147 Å². The van der Waals surface area contributed by atoms with Gasteiger partial charge in [-0.05, 0) is 22.9 Å². The maximum Gasteiger partial charge on any atom is 0.410 e. The van der Waals surface area contributed by atoms with E-state index in [1.807, 2.05) is 42.5 Å². The molecule has 0 aliphatic heterocycles. The maximum atomic E-state index is 11.2. The first kappa shape index (κ1) is 15.6. The van der Waals surface area contributed by atoms with Crippen molar-refractivity contribution in [1.82, 2.24) is 19.7 Å². The zero-order chi connectivity index (χ0) is 18.1. The van der Waals surface area contributed by atoms with Crippen molar-refractivity contribution in [1.29, 1.82) is 0 Å². The molecule has 0 aliphatic rings. The van der Waals surface area contributed by atoms with Gasteiger partial charge in [0, 0.05) is 18.0 Å². The van der Waals surface area contributed by atoms with E-state index in [2.05, 4.69) is 15.1 Å². The normalized spacial score (nSPS) is 10.8. The lowest BCUT2D eigenvalue weighted by Gasteiger charge is -2.12. The van der Waals surface area contributed by atoms with E-state index in [-0.39, 0.29) is 17.4 Å². The van der Waals surface area contributed by atoms with Crippen molar-refractivity contribution in [3.05, 3.63) is 60.9 Å². The van der Waals surface area contributed by atoms with Crippen molar-refractivity contribution in [2.75, 3.05) is 0 Å². The molecule has 3 N–H and O–H groups in total. The molecule has 128 valence electrons. The number of aromatic nitrogens is 4. The monoisotopic (exact) mass is 347 g/mol. The van der Waals surface area contributed by atoms with Crippen LogP contribution in [-0.2, 0) is 0 Å². The van der Waals surface area contributed by atoms with Crippen LogP contribution in [-0.4, -0.2) is 30.9 Å². The number of hydrogen-bond acceptors (Lipinski definition) is 6. The van der Waals surface area contributed by atoms with Gasteiger partial charge in [-0.3, -0.25) is 0 Å². The molecule has 2 aromatic heterocycles. The lowest BCUT2D eigenvalue weighted by Crippen LogP contribution is -2.18. The van der Waals surface area contributed by atoms with E-state index in [4.69, 9.17) is 10.5 Å². The summed E-state index contributed by atoms with van der Waals surface area (Å²) in [5.41, 5.74) is 5.98. The molecule has 8 nitrogen and oxygen atoms in total.